The van der Waals surface area contributed by atoms with Crippen LogP contribution in [0.5, 0.6) is 0 Å². The van der Waals surface area contributed by atoms with Gasteiger partial charge in [-0.25, -0.2) is 12.7 Å². The number of carbonyl (C=O) groups is 3. The van der Waals surface area contributed by atoms with Gasteiger partial charge >= 0.3 is 0 Å². The molecule has 3 unspecified atom stereocenters. The highest BCUT2D eigenvalue weighted by Gasteiger charge is 2.53. The Bertz CT molecular complexity index is 836. The third-order valence-electron chi connectivity index (χ3n) is 6.69. The van der Waals surface area contributed by atoms with E-state index in [-0.39, 0.29) is 49.4 Å². The van der Waals surface area contributed by atoms with Gasteiger partial charge in [0.2, 0.25) is 21.8 Å². The third kappa shape index (κ3) is 7.37. The molecule has 0 bridgehead atoms. The van der Waals surface area contributed by atoms with Crippen LogP contribution in [-0.2, 0) is 24.4 Å². The normalized spacial score (nSPS) is 23.3. The molecule has 0 aromatic carbocycles. The summed E-state index contributed by atoms with van der Waals surface area (Å²) < 4.78 is 27.2. The number of nitrogens with zero attached hydrogens (tertiary/aromatic N) is 3. The monoisotopic (exact) mass is 516 g/mol. The van der Waals surface area contributed by atoms with Crippen LogP contribution in [0.3, 0.4) is 0 Å². The van der Waals surface area contributed by atoms with E-state index in [0.717, 1.165) is 4.31 Å². The van der Waals surface area contributed by atoms with Crippen molar-refractivity contribution >= 4 is 27.7 Å². The van der Waals surface area contributed by atoms with Crippen LogP contribution in [0.2, 0.25) is 0 Å². The molecule has 0 aliphatic carbocycles. The summed E-state index contributed by atoms with van der Waals surface area (Å²) in [4.78, 5) is 43.5. The molecule has 0 spiro atoms. The van der Waals surface area contributed by atoms with E-state index in [0.29, 0.717) is 58.2 Å². The van der Waals surface area contributed by atoms with Crippen molar-refractivity contribution in [3.8, 4) is 0 Å². The first-order valence-corrected chi connectivity index (χ1v) is 14.5. The summed E-state index contributed by atoms with van der Waals surface area (Å²) in [7, 11) is -3.93. The minimum absolute atomic E-state index is 0.151. The summed E-state index contributed by atoms with van der Waals surface area (Å²) >= 11 is 0. The van der Waals surface area contributed by atoms with E-state index < -0.39 is 34.1 Å². The molecule has 0 radical (unpaired) electrons. The average molecular weight is 517 g/mol. The Balaban J connectivity index is 2.45. The van der Waals surface area contributed by atoms with Gasteiger partial charge in [0, 0.05) is 13.0 Å². The number of carbonyl (C=O) groups excluding carboxylic acids is 3. The number of fused-ring (bicyclic) bond motifs is 1. The van der Waals surface area contributed by atoms with Crippen molar-refractivity contribution in [3.05, 3.63) is 0 Å². The van der Waals surface area contributed by atoms with E-state index in [2.05, 4.69) is 0 Å². The van der Waals surface area contributed by atoms with Crippen molar-refractivity contribution in [1.29, 1.82) is 0 Å². The van der Waals surface area contributed by atoms with Crippen molar-refractivity contribution in [2.75, 3.05) is 38.5 Å². The first kappa shape index (κ1) is 29.5. The summed E-state index contributed by atoms with van der Waals surface area (Å²) in [5.41, 5.74) is 16.8. The molecule has 11 nitrogen and oxygen atoms in total. The molecule has 2 rings (SSSR count). The summed E-state index contributed by atoms with van der Waals surface area (Å²) in [6.45, 7) is 5.13. The third-order valence-corrected chi connectivity index (χ3v) is 8.50. The SMILES string of the molecule is CC(C)CC1CN(C(=O)CCCCN)C2CN(S(=O)(=O)CCCCN)C(=O)C(CCCN)N2C1=O. The maximum absolute atomic E-state index is 13.6. The largest absolute Gasteiger partial charge is 0.330 e. The topological polar surface area (TPSA) is 173 Å². The zero-order valence-corrected chi connectivity index (χ0v) is 22.0. The Morgan fingerprint density at radius 1 is 0.943 bits per heavy atom. The lowest BCUT2D eigenvalue weighted by Crippen LogP contribution is -2.73. The molecule has 2 fully saturated rings. The number of rotatable bonds is 14. The highest BCUT2D eigenvalue weighted by Crippen LogP contribution is 2.33. The second-order valence-corrected chi connectivity index (χ2v) is 12.0. The smallest absolute Gasteiger partial charge is 0.259 e. The Kier molecular flexibility index (Phi) is 11.4. The van der Waals surface area contributed by atoms with Gasteiger partial charge in [0.1, 0.15) is 12.2 Å². The van der Waals surface area contributed by atoms with Gasteiger partial charge in [-0.3, -0.25) is 14.4 Å². The number of sulfonamides is 1. The standard InChI is InChI=1S/C23H44N6O5S/c1-17(2)14-18-15-27(21(30)9-3-4-10-24)20-16-28(35(33,34)13-6-5-11-25)23(32)19(8-7-12-26)29(20)22(18)31/h17-20H,3-16,24-26H2,1-2H3. The van der Waals surface area contributed by atoms with Crippen molar-refractivity contribution < 1.29 is 22.8 Å². The Labute approximate surface area is 209 Å². The molecule has 6 N–H and O–H groups in total. The molecule has 3 amide bonds. The zero-order valence-electron chi connectivity index (χ0n) is 21.2. The Hall–Kier alpha value is -1.76. The van der Waals surface area contributed by atoms with Crippen LogP contribution in [0.25, 0.3) is 0 Å². The lowest BCUT2D eigenvalue weighted by atomic mass is 9.89. The lowest BCUT2D eigenvalue weighted by Gasteiger charge is -2.54. The van der Waals surface area contributed by atoms with E-state index in [4.69, 9.17) is 17.2 Å². The molecule has 2 aliphatic rings. The van der Waals surface area contributed by atoms with Gasteiger partial charge in [0.15, 0.2) is 0 Å². The fraction of sp³-hybridized carbons (Fsp3) is 0.870. The van der Waals surface area contributed by atoms with E-state index in [9.17, 15) is 22.8 Å². The van der Waals surface area contributed by atoms with Crippen molar-refractivity contribution in [3.63, 3.8) is 0 Å². The number of unbranched alkanes of at least 4 members (excludes halogenated alkanes) is 2. The fourth-order valence-corrected chi connectivity index (χ4v) is 6.50. The fourth-order valence-electron chi connectivity index (χ4n) is 4.96. The Morgan fingerprint density at radius 3 is 2.17 bits per heavy atom. The molecular formula is C23H44N6O5S. The second-order valence-electron chi connectivity index (χ2n) is 9.97. The molecule has 0 saturated carbocycles. The summed E-state index contributed by atoms with van der Waals surface area (Å²) in [6.07, 6.45) is 2.88. The molecule has 3 atom stereocenters. The quantitative estimate of drug-likeness (QED) is 0.266. The van der Waals surface area contributed by atoms with Gasteiger partial charge in [0.05, 0.1) is 18.2 Å². The maximum atomic E-state index is 13.6. The summed E-state index contributed by atoms with van der Waals surface area (Å²) in [5, 5.41) is 0. The predicted octanol–water partition coefficient (Wildman–Crippen LogP) is -0.207. The van der Waals surface area contributed by atoms with Gasteiger partial charge < -0.3 is 27.0 Å². The summed E-state index contributed by atoms with van der Waals surface area (Å²) in [6, 6.07) is -0.969. The summed E-state index contributed by atoms with van der Waals surface area (Å²) in [5.74, 6) is -1.38. The van der Waals surface area contributed by atoms with Gasteiger partial charge in [-0.15, -0.1) is 0 Å². The molecule has 35 heavy (non-hydrogen) atoms. The highest BCUT2D eigenvalue weighted by atomic mass is 32.2. The van der Waals surface area contributed by atoms with E-state index in [1.807, 2.05) is 13.8 Å². The van der Waals surface area contributed by atoms with Crippen LogP contribution in [-0.4, -0.2) is 90.9 Å². The van der Waals surface area contributed by atoms with Crippen molar-refractivity contribution in [2.45, 2.75) is 77.4 Å². The zero-order chi connectivity index (χ0) is 26.2. The second kappa shape index (κ2) is 13.5. The molecule has 0 aromatic heterocycles. The Morgan fingerprint density at radius 2 is 1.57 bits per heavy atom. The lowest BCUT2D eigenvalue weighted by molar-refractivity contribution is -0.176. The first-order chi connectivity index (χ1) is 16.6. The maximum Gasteiger partial charge on any atom is 0.259 e. The molecule has 2 aliphatic heterocycles. The van der Waals surface area contributed by atoms with Crippen LogP contribution < -0.4 is 17.2 Å². The molecular weight excluding hydrogens is 472 g/mol. The highest BCUT2D eigenvalue weighted by molar-refractivity contribution is 7.89. The van der Waals surface area contributed by atoms with Crippen LogP contribution in [0, 0.1) is 11.8 Å². The van der Waals surface area contributed by atoms with E-state index in [1.165, 1.54) is 4.90 Å². The van der Waals surface area contributed by atoms with Crippen LogP contribution in [0.15, 0.2) is 0 Å². The minimum atomic E-state index is -3.93. The molecule has 2 saturated heterocycles. The van der Waals surface area contributed by atoms with Crippen molar-refractivity contribution in [1.82, 2.24) is 14.1 Å². The first-order valence-electron chi connectivity index (χ1n) is 12.8. The van der Waals surface area contributed by atoms with Gasteiger partial charge in [0.25, 0.3) is 5.91 Å². The predicted molar refractivity (Wildman–Crippen MR) is 134 cm³/mol. The average Bonchev–Trinajstić information content (AvgIpc) is 2.79. The molecule has 202 valence electrons. The van der Waals surface area contributed by atoms with Crippen LogP contribution >= 0.6 is 0 Å². The molecule has 0 aromatic rings. The molecule has 2 heterocycles. The van der Waals surface area contributed by atoms with Crippen molar-refractivity contribution in [2.24, 2.45) is 29.0 Å². The number of hydrogen-bond donors (Lipinski definition) is 3. The van der Waals surface area contributed by atoms with E-state index in [1.54, 1.807) is 4.90 Å². The minimum Gasteiger partial charge on any atom is -0.330 e. The van der Waals surface area contributed by atoms with Crippen LogP contribution in [0.4, 0.5) is 0 Å². The van der Waals surface area contributed by atoms with Gasteiger partial charge in [-0.1, -0.05) is 13.8 Å². The number of nitrogens with two attached hydrogens (primary N) is 3. The van der Waals surface area contributed by atoms with Gasteiger partial charge in [-0.05, 0) is 70.5 Å². The van der Waals surface area contributed by atoms with Gasteiger partial charge in [-0.2, -0.15) is 0 Å². The number of hydrogen-bond acceptors (Lipinski definition) is 8. The van der Waals surface area contributed by atoms with E-state index >= 15 is 0 Å². The number of piperazine rings is 1. The van der Waals surface area contributed by atoms with Crippen LogP contribution in [0.1, 0.15) is 65.2 Å². The molecule has 12 heteroatoms. The number of amides is 3.